The fraction of sp³-hybridized carbons (Fsp3) is 0.708. The highest BCUT2D eigenvalue weighted by Gasteiger charge is 2.24. The molecule has 3 rings (SSSR count). The van der Waals surface area contributed by atoms with Crippen molar-refractivity contribution in [3.8, 4) is 0 Å². The number of likely N-dealkylation sites (tertiary alicyclic amines) is 1. The number of guanidine groups is 1. The molecule has 2 unspecified atom stereocenters. The largest absolute Gasteiger partial charge is 0.379 e. The second-order valence-electron chi connectivity index (χ2n) is 8.78. The smallest absolute Gasteiger partial charge is 0.191 e. The van der Waals surface area contributed by atoms with Gasteiger partial charge in [0.1, 0.15) is 0 Å². The summed E-state index contributed by atoms with van der Waals surface area (Å²) >= 11 is 0. The lowest BCUT2D eigenvalue weighted by Gasteiger charge is -2.37. The second-order valence-corrected chi connectivity index (χ2v) is 8.78. The van der Waals surface area contributed by atoms with E-state index in [-0.39, 0.29) is 24.0 Å². The molecule has 2 fully saturated rings. The highest BCUT2D eigenvalue weighted by molar-refractivity contribution is 14.0. The van der Waals surface area contributed by atoms with Crippen LogP contribution in [-0.4, -0.2) is 80.8 Å². The quantitative estimate of drug-likeness (QED) is 0.299. The number of halogens is 1. The van der Waals surface area contributed by atoms with Gasteiger partial charge >= 0.3 is 0 Å². The molecule has 2 aliphatic rings. The van der Waals surface area contributed by atoms with E-state index in [0.29, 0.717) is 18.0 Å². The van der Waals surface area contributed by atoms with Gasteiger partial charge in [0.2, 0.25) is 0 Å². The molecule has 6 nitrogen and oxygen atoms in total. The summed E-state index contributed by atoms with van der Waals surface area (Å²) in [5, 5.41) is 7.13. The second kappa shape index (κ2) is 14.3. The van der Waals surface area contributed by atoms with E-state index < -0.39 is 0 Å². The molecule has 176 valence electrons. The standard InChI is InChI=1S/C24H41N5O.HI/c1-4-25-24(26-18-20(2)19-28-14-16-30-17-15-28)27-23-10-12-29(13-11-23)21(3)22-8-6-5-7-9-22;/h5-9,20-21,23H,4,10-19H2,1-3H3,(H2,25,26,27);1H. The average molecular weight is 544 g/mol. The van der Waals surface area contributed by atoms with Crippen LogP contribution in [0.2, 0.25) is 0 Å². The maximum Gasteiger partial charge on any atom is 0.191 e. The van der Waals surface area contributed by atoms with E-state index in [4.69, 9.17) is 9.73 Å². The molecule has 2 atom stereocenters. The van der Waals surface area contributed by atoms with E-state index in [2.05, 4.69) is 71.5 Å². The van der Waals surface area contributed by atoms with E-state index in [1.54, 1.807) is 0 Å². The Bertz CT molecular complexity index is 630. The summed E-state index contributed by atoms with van der Waals surface area (Å²) in [4.78, 5) is 9.99. The molecule has 1 aromatic carbocycles. The molecule has 0 aliphatic carbocycles. The molecular formula is C24H42IN5O. The number of ether oxygens (including phenoxy) is 1. The van der Waals surface area contributed by atoms with Crippen LogP contribution < -0.4 is 10.6 Å². The molecule has 31 heavy (non-hydrogen) atoms. The molecule has 0 saturated carbocycles. The maximum absolute atomic E-state index is 5.45. The summed E-state index contributed by atoms with van der Waals surface area (Å²) < 4.78 is 5.45. The molecule has 0 spiro atoms. The van der Waals surface area contributed by atoms with E-state index in [1.807, 2.05) is 0 Å². The van der Waals surface area contributed by atoms with Crippen LogP contribution >= 0.6 is 24.0 Å². The first-order chi connectivity index (χ1) is 14.7. The minimum absolute atomic E-state index is 0. The van der Waals surface area contributed by atoms with Crippen molar-refractivity contribution < 1.29 is 4.74 Å². The van der Waals surface area contributed by atoms with Crippen LogP contribution in [0.3, 0.4) is 0 Å². The van der Waals surface area contributed by atoms with Gasteiger partial charge in [0.15, 0.2) is 5.96 Å². The minimum Gasteiger partial charge on any atom is -0.379 e. The topological polar surface area (TPSA) is 52.1 Å². The predicted molar refractivity (Wildman–Crippen MR) is 140 cm³/mol. The highest BCUT2D eigenvalue weighted by Crippen LogP contribution is 2.24. The Labute approximate surface area is 206 Å². The molecule has 0 aromatic heterocycles. The van der Waals surface area contributed by atoms with Crippen molar-refractivity contribution in [2.24, 2.45) is 10.9 Å². The summed E-state index contributed by atoms with van der Waals surface area (Å²) in [6.07, 6.45) is 2.32. The number of hydrogen-bond acceptors (Lipinski definition) is 4. The Morgan fingerprint density at radius 1 is 1.10 bits per heavy atom. The molecule has 2 saturated heterocycles. The first-order valence-corrected chi connectivity index (χ1v) is 11.8. The number of morpholine rings is 1. The third kappa shape index (κ3) is 8.86. The first-order valence-electron chi connectivity index (χ1n) is 11.8. The van der Waals surface area contributed by atoms with E-state index in [1.165, 1.54) is 5.56 Å². The Morgan fingerprint density at radius 3 is 2.42 bits per heavy atom. The summed E-state index contributed by atoms with van der Waals surface area (Å²) in [6.45, 7) is 15.7. The van der Waals surface area contributed by atoms with E-state index in [9.17, 15) is 0 Å². The third-order valence-corrected chi connectivity index (χ3v) is 6.28. The molecule has 7 heteroatoms. The van der Waals surface area contributed by atoms with Crippen molar-refractivity contribution in [1.82, 2.24) is 20.4 Å². The lowest BCUT2D eigenvalue weighted by atomic mass is 10.0. The zero-order valence-electron chi connectivity index (χ0n) is 19.6. The number of nitrogens with one attached hydrogen (secondary N) is 2. The maximum atomic E-state index is 5.45. The van der Waals surface area contributed by atoms with E-state index in [0.717, 1.165) is 77.8 Å². The van der Waals surface area contributed by atoms with Crippen molar-refractivity contribution in [1.29, 1.82) is 0 Å². The van der Waals surface area contributed by atoms with Gasteiger partial charge in [-0.05, 0) is 38.2 Å². The number of aliphatic imine (C=N–C) groups is 1. The number of rotatable bonds is 8. The van der Waals surface area contributed by atoms with Gasteiger partial charge in [-0.3, -0.25) is 14.8 Å². The van der Waals surface area contributed by atoms with Crippen LogP contribution in [0.25, 0.3) is 0 Å². The lowest BCUT2D eigenvalue weighted by Crippen LogP contribution is -2.49. The number of piperidine rings is 1. The van der Waals surface area contributed by atoms with Crippen molar-refractivity contribution in [3.63, 3.8) is 0 Å². The fourth-order valence-electron chi connectivity index (χ4n) is 4.42. The van der Waals surface area contributed by atoms with Crippen molar-refractivity contribution >= 4 is 29.9 Å². The number of hydrogen-bond donors (Lipinski definition) is 2. The predicted octanol–water partition coefficient (Wildman–Crippen LogP) is 3.35. The molecule has 0 bridgehead atoms. The van der Waals surface area contributed by atoms with E-state index >= 15 is 0 Å². The van der Waals surface area contributed by atoms with Crippen molar-refractivity contribution in [3.05, 3.63) is 35.9 Å². The number of benzene rings is 1. The minimum atomic E-state index is 0. The van der Waals surface area contributed by atoms with Gasteiger partial charge in [0, 0.05) is 57.9 Å². The zero-order valence-corrected chi connectivity index (χ0v) is 21.9. The Kier molecular flexibility index (Phi) is 12.1. The summed E-state index contributed by atoms with van der Waals surface area (Å²) in [7, 11) is 0. The highest BCUT2D eigenvalue weighted by atomic mass is 127. The summed E-state index contributed by atoms with van der Waals surface area (Å²) in [6, 6.07) is 11.8. The van der Waals surface area contributed by atoms with Crippen LogP contribution in [0.5, 0.6) is 0 Å². The molecule has 0 radical (unpaired) electrons. The van der Waals surface area contributed by atoms with Gasteiger partial charge in [-0.15, -0.1) is 24.0 Å². The van der Waals surface area contributed by atoms with Gasteiger partial charge in [-0.1, -0.05) is 37.3 Å². The third-order valence-electron chi connectivity index (χ3n) is 6.28. The van der Waals surface area contributed by atoms with Gasteiger partial charge in [-0.2, -0.15) is 0 Å². The van der Waals surface area contributed by atoms with Gasteiger partial charge in [0.25, 0.3) is 0 Å². The normalized spacial score (nSPS) is 21.2. The van der Waals surface area contributed by atoms with Crippen LogP contribution in [-0.2, 0) is 4.74 Å². The molecule has 0 amide bonds. The van der Waals surface area contributed by atoms with Crippen LogP contribution in [0.4, 0.5) is 0 Å². The van der Waals surface area contributed by atoms with Crippen LogP contribution in [0.1, 0.15) is 45.2 Å². The van der Waals surface area contributed by atoms with Crippen molar-refractivity contribution in [2.75, 3.05) is 59.0 Å². The molecule has 2 heterocycles. The van der Waals surface area contributed by atoms with Crippen LogP contribution in [0, 0.1) is 5.92 Å². The summed E-state index contributed by atoms with van der Waals surface area (Å²) in [5.74, 6) is 1.52. The molecule has 2 N–H and O–H groups in total. The average Bonchev–Trinajstić information content (AvgIpc) is 2.79. The fourth-order valence-corrected chi connectivity index (χ4v) is 4.42. The Balaban J connectivity index is 0.00000341. The molecule has 1 aromatic rings. The van der Waals surface area contributed by atoms with Gasteiger partial charge < -0.3 is 15.4 Å². The van der Waals surface area contributed by atoms with Crippen molar-refractivity contribution in [2.45, 2.75) is 45.7 Å². The molecular weight excluding hydrogens is 501 g/mol. The Hall–Kier alpha value is -0.900. The van der Waals surface area contributed by atoms with Crippen LogP contribution in [0.15, 0.2) is 35.3 Å². The van der Waals surface area contributed by atoms with Gasteiger partial charge in [-0.25, -0.2) is 0 Å². The zero-order chi connectivity index (χ0) is 21.2. The number of nitrogens with zero attached hydrogens (tertiary/aromatic N) is 3. The first kappa shape index (κ1) is 26.4. The summed E-state index contributed by atoms with van der Waals surface area (Å²) in [5.41, 5.74) is 1.41. The SMILES string of the molecule is CCNC(=NCC(C)CN1CCOCC1)NC1CCN(C(C)c2ccccc2)CC1.I. The molecule has 2 aliphatic heterocycles. The Morgan fingerprint density at radius 2 is 1.77 bits per heavy atom. The monoisotopic (exact) mass is 543 g/mol. The lowest BCUT2D eigenvalue weighted by molar-refractivity contribution is 0.0323. The van der Waals surface area contributed by atoms with Gasteiger partial charge in [0.05, 0.1) is 13.2 Å².